The van der Waals surface area contributed by atoms with Crippen molar-refractivity contribution in [3.63, 3.8) is 0 Å². The minimum absolute atomic E-state index is 0.000978. The van der Waals surface area contributed by atoms with Crippen LogP contribution in [0.3, 0.4) is 0 Å². The molecule has 2 amide bonds. The lowest BCUT2D eigenvalue weighted by atomic mass is 9.99. The Morgan fingerprint density at radius 3 is 3.00 bits per heavy atom. The van der Waals surface area contributed by atoms with Crippen LogP contribution in [0.5, 0.6) is 5.75 Å². The Bertz CT molecular complexity index is 484. The van der Waals surface area contributed by atoms with E-state index in [4.69, 9.17) is 10.5 Å². The molecule has 108 valence electrons. The third-order valence-electron chi connectivity index (χ3n) is 3.15. The van der Waals surface area contributed by atoms with Crippen molar-refractivity contribution in [3.05, 3.63) is 24.3 Å². The molecule has 6 nitrogen and oxygen atoms in total. The van der Waals surface area contributed by atoms with Gasteiger partial charge >= 0.3 is 0 Å². The number of rotatable bonds is 5. The highest BCUT2D eigenvalue weighted by molar-refractivity contribution is 5.92. The third kappa shape index (κ3) is 4.24. The highest BCUT2D eigenvalue weighted by Gasteiger charge is 2.20. The Morgan fingerprint density at radius 1 is 1.45 bits per heavy atom. The van der Waals surface area contributed by atoms with Gasteiger partial charge in [0, 0.05) is 18.3 Å². The molecule has 4 N–H and O–H groups in total. The maximum absolute atomic E-state index is 12.1. The quantitative estimate of drug-likeness (QED) is 0.730. The second-order valence-corrected chi connectivity index (χ2v) is 4.82. The zero-order valence-corrected chi connectivity index (χ0v) is 11.2. The lowest BCUT2D eigenvalue weighted by molar-refractivity contribution is -0.121. The fraction of sp³-hybridized carbons (Fsp3) is 0.429. The van der Waals surface area contributed by atoms with Crippen molar-refractivity contribution in [1.82, 2.24) is 5.32 Å². The number of carbonyl (C=O) groups excluding carboxylic acids is 2. The van der Waals surface area contributed by atoms with Gasteiger partial charge in [0.25, 0.3) is 5.91 Å². The van der Waals surface area contributed by atoms with E-state index in [1.54, 1.807) is 24.3 Å². The molecule has 0 spiro atoms. The van der Waals surface area contributed by atoms with E-state index in [-0.39, 0.29) is 18.4 Å². The number of amides is 2. The molecule has 0 saturated carbocycles. The number of primary amides is 1. The molecule has 0 aliphatic carbocycles. The Kier molecular flexibility index (Phi) is 4.95. The maximum Gasteiger partial charge on any atom is 0.255 e. The number of ether oxygens (including phenoxy) is 1. The normalized spacial score (nSPS) is 18.3. The van der Waals surface area contributed by atoms with Gasteiger partial charge in [-0.3, -0.25) is 9.59 Å². The average Bonchev–Trinajstić information content (AvgIpc) is 2.46. The first-order chi connectivity index (χ1) is 9.65. The van der Waals surface area contributed by atoms with Gasteiger partial charge < -0.3 is 21.1 Å². The summed E-state index contributed by atoms with van der Waals surface area (Å²) in [5.41, 5.74) is 5.67. The van der Waals surface area contributed by atoms with Crippen LogP contribution in [-0.2, 0) is 9.59 Å². The third-order valence-corrected chi connectivity index (χ3v) is 3.15. The van der Waals surface area contributed by atoms with E-state index in [1.165, 1.54) is 0 Å². The van der Waals surface area contributed by atoms with E-state index in [1.807, 2.05) is 0 Å². The van der Waals surface area contributed by atoms with Crippen LogP contribution in [0.1, 0.15) is 12.8 Å². The Balaban J connectivity index is 1.93. The fourth-order valence-corrected chi connectivity index (χ4v) is 2.14. The average molecular weight is 277 g/mol. The molecule has 6 heteroatoms. The minimum atomic E-state index is -0.535. The van der Waals surface area contributed by atoms with Gasteiger partial charge in [0.1, 0.15) is 5.75 Å². The first-order valence-corrected chi connectivity index (χ1v) is 6.68. The van der Waals surface area contributed by atoms with Gasteiger partial charge in [-0.15, -0.1) is 0 Å². The van der Waals surface area contributed by atoms with Crippen molar-refractivity contribution in [3.8, 4) is 5.75 Å². The van der Waals surface area contributed by atoms with Crippen LogP contribution in [0.25, 0.3) is 0 Å². The van der Waals surface area contributed by atoms with Gasteiger partial charge in [0.05, 0.1) is 5.92 Å². The molecule has 0 aromatic heterocycles. The smallest absolute Gasteiger partial charge is 0.255 e. The Morgan fingerprint density at radius 2 is 2.30 bits per heavy atom. The minimum Gasteiger partial charge on any atom is -0.484 e. The van der Waals surface area contributed by atoms with Crippen LogP contribution >= 0.6 is 0 Å². The summed E-state index contributed by atoms with van der Waals surface area (Å²) in [6.07, 6.45) is 1.91. The molecule has 20 heavy (non-hydrogen) atoms. The number of carbonyl (C=O) groups is 2. The predicted molar refractivity (Wildman–Crippen MR) is 75.4 cm³/mol. The molecule has 1 aromatic carbocycles. The van der Waals surface area contributed by atoms with Crippen LogP contribution < -0.4 is 21.1 Å². The number of nitrogens with two attached hydrogens (primary N) is 1. The van der Waals surface area contributed by atoms with E-state index in [9.17, 15) is 9.59 Å². The fourth-order valence-electron chi connectivity index (χ4n) is 2.14. The molecule has 2 rings (SSSR count). The topological polar surface area (TPSA) is 93.5 Å². The van der Waals surface area contributed by atoms with Crippen LogP contribution in [0.15, 0.2) is 24.3 Å². The van der Waals surface area contributed by atoms with Crippen LogP contribution in [0.2, 0.25) is 0 Å². The van der Waals surface area contributed by atoms with E-state index in [0.717, 1.165) is 19.4 Å². The standard InChI is InChI=1S/C14H19N3O3/c15-13(18)9-20-12-5-1-4-11(7-12)17-14(19)10-3-2-6-16-8-10/h1,4-5,7,10,16H,2-3,6,8-9H2,(H2,15,18)(H,17,19)/t10-/m1/s1. The summed E-state index contributed by atoms with van der Waals surface area (Å²) in [4.78, 5) is 22.7. The molecule has 1 saturated heterocycles. The zero-order chi connectivity index (χ0) is 14.4. The summed E-state index contributed by atoms with van der Waals surface area (Å²) < 4.78 is 5.20. The summed E-state index contributed by atoms with van der Waals surface area (Å²) in [5.74, 6) is -0.0284. The first kappa shape index (κ1) is 14.3. The first-order valence-electron chi connectivity index (χ1n) is 6.68. The molecular weight excluding hydrogens is 258 g/mol. The molecule has 0 radical (unpaired) electrons. The second-order valence-electron chi connectivity index (χ2n) is 4.82. The molecule has 1 aliphatic heterocycles. The Labute approximate surface area is 117 Å². The summed E-state index contributed by atoms with van der Waals surface area (Å²) in [6.45, 7) is 1.51. The lowest BCUT2D eigenvalue weighted by Gasteiger charge is -2.22. The highest BCUT2D eigenvalue weighted by Crippen LogP contribution is 2.19. The second kappa shape index (κ2) is 6.91. The van der Waals surface area contributed by atoms with E-state index in [0.29, 0.717) is 18.0 Å². The van der Waals surface area contributed by atoms with Gasteiger partial charge in [-0.2, -0.15) is 0 Å². The molecule has 0 unspecified atom stereocenters. The molecular formula is C14H19N3O3. The maximum atomic E-state index is 12.1. The van der Waals surface area contributed by atoms with Gasteiger partial charge in [-0.25, -0.2) is 0 Å². The van der Waals surface area contributed by atoms with Crippen molar-refractivity contribution < 1.29 is 14.3 Å². The number of benzene rings is 1. The van der Waals surface area contributed by atoms with Gasteiger partial charge in [0.15, 0.2) is 6.61 Å². The molecule has 1 atom stereocenters. The number of piperidine rings is 1. The van der Waals surface area contributed by atoms with Crippen LogP contribution in [0.4, 0.5) is 5.69 Å². The lowest BCUT2D eigenvalue weighted by Crippen LogP contribution is -2.37. The summed E-state index contributed by atoms with van der Waals surface area (Å²) in [5, 5.41) is 6.07. The monoisotopic (exact) mass is 277 g/mol. The molecule has 1 heterocycles. The summed E-state index contributed by atoms with van der Waals surface area (Å²) >= 11 is 0. The van der Waals surface area contributed by atoms with Crippen LogP contribution in [0, 0.1) is 5.92 Å². The predicted octanol–water partition coefficient (Wildman–Crippen LogP) is 0.489. The number of hydrogen-bond acceptors (Lipinski definition) is 4. The van der Waals surface area contributed by atoms with Crippen molar-refractivity contribution >= 4 is 17.5 Å². The number of hydrogen-bond donors (Lipinski definition) is 3. The van der Waals surface area contributed by atoms with E-state index < -0.39 is 5.91 Å². The van der Waals surface area contributed by atoms with Crippen molar-refractivity contribution in [1.29, 1.82) is 0 Å². The number of anilines is 1. The molecule has 1 aliphatic rings. The van der Waals surface area contributed by atoms with Crippen molar-refractivity contribution in [2.45, 2.75) is 12.8 Å². The van der Waals surface area contributed by atoms with Gasteiger partial charge in [-0.1, -0.05) is 6.07 Å². The van der Waals surface area contributed by atoms with Gasteiger partial charge in [-0.05, 0) is 31.5 Å². The van der Waals surface area contributed by atoms with E-state index >= 15 is 0 Å². The summed E-state index contributed by atoms with van der Waals surface area (Å²) in [7, 11) is 0. The largest absolute Gasteiger partial charge is 0.484 e. The van der Waals surface area contributed by atoms with E-state index in [2.05, 4.69) is 10.6 Å². The SMILES string of the molecule is NC(=O)COc1cccc(NC(=O)[C@@H]2CCCNC2)c1. The zero-order valence-electron chi connectivity index (χ0n) is 11.2. The summed E-state index contributed by atoms with van der Waals surface area (Å²) in [6, 6.07) is 6.92. The van der Waals surface area contributed by atoms with Crippen LogP contribution in [-0.4, -0.2) is 31.5 Å². The van der Waals surface area contributed by atoms with Gasteiger partial charge in [0.2, 0.25) is 5.91 Å². The molecule has 1 fully saturated rings. The number of nitrogens with one attached hydrogen (secondary N) is 2. The Hall–Kier alpha value is -2.08. The molecule has 1 aromatic rings. The highest BCUT2D eigenvalue weighted by atomic mass is 16.5. The van der Waals surface area contributed by atoms with Crippen molar-refractivity contribution in [2.24, 2.45) is 11.7 Å². The van der Waals surface area contributed by atoms with Crippen molar-refractivity contribution in [2.75, 3.05) is 25.0 Å². The molecule has 0 bridgehead atoms.